The van der Waals surface area contributed by atoms with Crippen LogP contribution >= 0.6 is 0 Å². The second-order valence-corrected chi connectivity index (χ2v) is 6.64. The van der Waals surface area contributed by atoms with Crippen LogP contribution in [0.25, 0.3) is 11.1 Å². The number of hydrogen-bond acceptors (Lipinski definition) is 1. The maximum absolute atomic E-state index is 4.19. The number of aryl methyl sites for hydroxylation is 2. The topological polar surface area (TPSA) is 12.0 Å². The van der Waals surface area contributed by atoms with Crippen molar-refractivity contribution in [2.75, 3.05) is 0 Å². The smallest absolute Gasteiger partial charge is 0.0397 e. The van der Waals surface area contributed by atoms with Crippen LogP contribution in [0.4, 0.5) is 0 Å². The summed E-state index contributed by atoms with van der Waals surface area (Å²) in [6, 6.07) is 25.8. The van der Waals surface area contributed by atoms with Gasteiger partial charge in [-0.15, -0.1) is 0 Å². The molecule has 3 aromatic carbocycles. The molecule has 0 aliphatic carbocycles. The third-order valence-electron chi connectivity index (χ3n) is 4.42. The van der Waals surface area contributed by atoms with Gasteiger partial charge in [-0.1, -0.05) is 84.9 Å². The van der Waals surface area contributed by atoms with E-state index in [4.69, 9.17) is 0 Å². The molecule has 1 nitrogen and oxygen atoms in total. The molecule has 0 heterocycles. The standard InChI is InChI=1S/C24H25N/c1-18-8-7-9-22(14-18)17-25-20(3)16-21-12-13-24(19(2)15-21)23-10-5-4-6-11-23/h4-15,25H,3,16-17H2,1-2H3. The van der Waals surface area contributed by atoms with Crippen molar-refractivity contribution in [3.63, 3.8) is 0 Å². The van der Waals surface area contributed by atoms with Gasteiger partial charge in [0.25, 0.3) is 0 Å². The molecule has 0 aliphatic heterocycles. The molecule has 3 aromatic rings. The van der Waals surface area contributed by atoms with Crippen LogP contribution in [0.3, 0.4) is 0 Å². The van der Waals surface area contributed by atoms with E-state index in [0.717, 1.165) is 18.7 Å². The van der Waals surface area contributed by atoms with E-state index in [-0.39, 0.29) is 0 Å². The van der Waals surface area contributed by atoms with Gasteiger partial charge in [0.05, 0.1) is 0 Å². The summed E-state index contributed by atoms with van der Waals surface area (Å²) in [6.07, 6.45) is 0.849. The molecule has 0 aliphatic rings. The fraction of sp³-hybridized carbons (Fsp3) is 0.167. The molecular weight excluding hydrogens is 302 g/mol. The Kier molecular flexibility index (Phi) is 5.35. The second-order valence-electron chi connectivity index (χ2n) is 6.64. The Labute approximate surface area is 151 Å². The summed E-state index contributed by atoms with van der Waals surface area (Å²) in [5.41, 5.74) is 8.78. The molecule has 126 valence electrons. The Hall–Kier alpha value is -2.80. The maximum Gasteiger partial charge on any atom is 0.0397 e. The minimum atomic E-state index is 0.821. The van der Waals surface area contributed by atoms with E-state index in [1.165, 1.54) is 33.4 Å². The molecule has 0 amide bonds. The Morgan fingerprint density at radius 3 is 2.36 bits per heavy atom. The van der Waals surface area contributed by atoms with Crippen molar-refractivity contribution in [2.45, 2.75) is 26.8 Å². The first-order chi connectivity index (χ1) is 12.1. The van der Waals surface area contributed by atoms with E-state index in [2.05, 4.69) is 98.5 Å². The number of benzene rings is 3. The normalized spacial score (nSPS) is 10.5. The molecule has 1 heteroatoms. The summed E-state index contributed by atoms with van der Waals surface area (Å²) in [4.78, 5) is 0. The van der Waals surface area contributed by atoms with Crippen molar-refractivity contribution < 1.29 is 0 Å². The third-order valence-corrected chi connectivity index (χ3v) is 4.42. The van der Waals surface area contributed by atoms with Crippen LogP contribution in [-0.2, 0) is 13.0 Å². The molecule has 0 unspecified atom stereocenters. The zero-order chi connectivity index (χ0) is 17.6. The Morgan fingerprint density at radius 2 is 1.64 bits per heavy atom. The molecule has 1 N–H and O–H groups in total. The van der Waals surface area contributed by atoms with Crippen molar-refractivity contribution in [3.05, 3.63) is 107 Å². The van der Waals surface area contributed by atoms with Gasteiger partial charge in [-0.2, -0.15) is 0 Å². The van der Waals surface area contributed by atoms with Gasteiger partial charge < -0.3 is 5.32 Å². The number of rotatable bonds is 6. The predicted molar refractivity (Wildman–Crippen MR) is 107 cm³/mol. The van der Waals surface area contributed by atoms with E-state index in [1.807, 2.05) is 0 Å². The summed E-state index contributed by atoms with van der Waals surface area (Å²) in [7, 11) is 0. The van der Waals surface area contributed by atoms with Crippen molar-refractivity contribution in [1.82, 2.24) is 5.32 Å². The van der Waals surface area contributed by atoms with E-state index in [9.17, 15) is 0 Å². The van der Waals surface area contributed by atoms with E-state index in [1.54, 1.807) is 0 Å². The molecule has 0 aromatic heterocycles. The zero-order valence-electron chi connectivity index (χ0n) is 15.0. The van der Waals surface area contributed by atoms with E-state index >= 15 is 0 Å². The molecule has 0 fully saturated rings. The van der Waals surface area contributed by atoms with Crippen LogP contribution in [0.15, 0.2) is 85.1 Å². The lowest BCUT2D eigenvalue weighted by Gasteiger charge is -2.12. The highest BCUT2D eigenvalue weighted by Crippen LogP contribution is 2.24. The molecule has 0 atom stereocenters. The molecule has 0 saturated heterocycles. The van der Waals surface area contributed by atoms with Crippen LogP contribution in [0.1, 0.15) is 22.3 Å². The van der Waals surface area contributed by atoms with Crippen molar-refractivity contribution in [1.29, 1.82) is 0 Å². The summed E-state index contributed by atoms with van der Waals surface area (Å²) in [5.74, 6) is 0. The quantitative estimate of drug-likeness (QED) is 0.602. The zero-order valence-corrected chi connectivity index (χ0v) is 15.0. The molecular formula is C24H25N. The molecule has 25 heavy (non-hydrogen) atoms. The van der Waals surface area contributed by atoms with Crippen molar-refractivity contribution in [3.8, 4) is 11.1 Å². The van der Waals surface area contributed by atoms with E-state index in [0.29, 0.717) is 0 Å². The van der Waals surface area contributed by atoms with Gasteiger partial charge in [-0.3, -0.25) is 0 Å². The van der Waals surface area contributed by atoms with Gasteiger partial charge in [0, 0.05) is 18.7 Å². The van der Waals surface area contributed by atoms with Crippen LogP contribution in [-0.4, -0.2) is 0 Å². The first-order valence-electron chi connectivity index (χ1n) is 8.74. The van der Waals surface area contributed by atoms with Crippen LogP contribution < -0.4 is 5.32 Å². The average Bonchev–Trinajstić information content (AvgIpc) is 2.61. The third kappa shape index (κ3) is 4.60. The minimum Gasteiger partial charge on any atom is -0.384 e. The Bertz CT molecular complexity index is 862. The predicted octanol–water partition coefficient (Wildman–Crippen LogP) is 5.82. The first kappa shape index (κ1) is 17.0. The van der Waals surface area contributed by atoms with Crippen LogP contribution in [0.5, 0.6) is 0 Å². The van der Waals surface area contributed by atoms with Crippen molar-refractivity contribution in [2.24, 2.45) is 0 Å². The Morgan fingerprint density at radius 1 is 0.840 bits per heavy atom. The second kappa shape index (κ2) is 7.85. The minimum absolute atomic E-state index is 0.821. The summed E-state index contributed by atoms with van der Waals surface area (Å²) in [6.45, 7) is 9.30. The van der Waals surface area contributed by atoms with Crippen LogP contribution in [0, 0.1) is 13.8 Å². The van der Waals surface area contributed by atoms with E-state index < -0.39 is 0 Å². The highest BCUT2D eigenvalue weighted by Gasteiger charge is 2.04. The lowest BCUT2D eigenvalue weighted by atomic mass is 9.97. The maximum atomic E-state index is 4.19. The molecule has 3 rings (SSSR count). The van der Waals surface area contributed by atoms with Crippen LogP contribution in [0.2, 0.25) is 0 Å². The summed E-state index contributed by atoms with van der Waals surface area (Å²) < 4.78 is 0. The average molecular weight is 327 g/mol. The van der Waals surface area contributed by atoms with Gasteiger partial charge in [0.1, 0.15) is 0 Å². The molecule has 0 bridgehead atoms. The fourth-order valence-corrected chi connectivity index (χ4v) is 3.14. The molecule has 0 radical (unpaired) electrons. The highest BCUT2D eigenvalue weighted by atomic mass is 14.9. The van der Waals surface area contributed by atoms with Gasteiger partial charge in [0.2, 0.25) is 0 Å². The molecule has 0 saturated carbocycles. The Balaban J connectivity index is 1.63. The summed E-state index contributed by atoms with van der Waals surface area (Å²) >= 11 is 0. The fourth-order valence-electron chi connectivity index (χ4n) is 3.14. The number of nitrogens with one attached hydrogen (secondary N) is 1. The largest absolute Gasteiger partial charge is 0.384 e. The molecule has 0 spiro atoms. The lowest BCUT2D eigenvalue weighted by Crippen LogP contribution is -2.13. The lowest BCUT2D eigenvalue weighted by molar-refractivity contribution is 0.785. The van der Waals surface area contributed by atoms with Gasteiger partial charge in [-0.05, 0) is 41.7 Å². The SMILES string of the molecule is C=C(Cc1ccc(-c2ccccc2)c(C)c1)NCc1cccc(C)c1. The van der Waals surface area contributed by atoms with Gasteiger partial charge in [0.15, 0.2) is 0 Å². The summed E-state index contributed by atoms with van der Waals surface area (Å²) in [5, 5.41) is 3.45. The number of allylic oxidation sites excluding steroid dienone is 1. The monoisotopic (exact) mass is 327 g/mol. The van der Waals surface area contributed by atoms with Gasteiger partial charge >= 0.3 is 0 Å². The highest BCUT2D eigenvalue weighted by molar-refractivity contribution is 5.67. The van der Waals surface area contributed by atoms with Gasteiger partial charge in [-0.25, -0.2) is 0 Å². The van der Waals surface area contributed by atoms with Crippen molar-refractivity contribution >= 4 is 0 Å². The number of hydrogen-bond donors (Lipinski definition) is 1. The first-order valence-corrected chi connectivity index (χ1v) is 8.74.